The van der Waals surface area contributed by atoms with Crippen molar-refractivity contribution in [2.45, 2.75) is 6.10 Å². The van der Waals surface area contributed by atoms with Crippen molar-refractivity contribution >= 4 is 23.7 Å². The second kappa shape index (κ2) is 3.07. The molecule has 60 valence electrons. The van der Waals surface area contributed by atoms with Crippen molar-refractivity contribution in [2.75, 3.05) is 0 Å². The Morgan fingerprint density at radius 2 is 2.17 bits per heavy atom. The number of fused-ring (bicyclic) bond motifs is 1. The van der Waals surface area contributed by atoms with Crippen LogP contribution in [0.5, 0.6) is 5.75 Å². The Morgan fingerprint density at radius 3 is 3.00 bits per heavy atom. The normalized spacial score (nSPS) is 19.5. The van der Waals surface area contributed by atoms with Crippen LogP contribution in [0.3, 0.4) is 0 Å². The van der Waals surface area contributed by atoms with Crippen molar-refractivity contribution in [1.29, 1.82) is 0 Å². The summed E-state index contributed by atoms with van der Waals surface area (Å²) in [6.45, 7) is 0. The number of thiocarbonyl (C=S) groups is 1. The van der Waals surface area contributed by atoms with E-state index in [2.05, 4.69) is 0 Å². The van der Waals surface area contributed by atoms with Crippen molar-refractivity contribution in [1.82, 2.24) is 0 Å². The minimum absolute atomic E-state index is 0.0464. The van der Waals surface area contributed by atoms with Crippen LogP contribution in [0.25, 0.3) is 6.08 Å². The molecular weight excluding hydrogens is 168 g/mol. The summed E-state index contributed by atoms with van der Waals surface area (Å²) in [4.78, 5) is 0. The largest absolute Gasteiger partial charge is 0.481 e. The van der Waals surface area contributed by atoms with Gasteiger partial charge in [-0.2, -0.15) is 0 Å². The molecule has 0 fully saturated rings. The molecule has 0 saturated carbocycles. The molecule has 12 heavy (non-hydrogen) atoms. The zero-order valence-corrected chi connectivity index (χ0v) is 7.25. The minimum atomic E-state index is -0.0464. The van der Waals surface area contributed by atoms with Crippen LogP contribution in [-0.2, 0) is 0 Å². The predicted molar refractivity (Wildman–Crippen MR) is 53.5 cm³/mol. The Balaban J connectivity index is 2.39. The average Bonchev–Trinajstić information content (AvgIpc) is 2.17. The first-order chi connectivity index (χ1) is 5.90. The first-order valence-electron chi connectivity index (χ1n) is 3.79. The van der Waals surface area contributed by atoms with Crippen molar-refractivity contribution in [3.05, 3.63) is 35.9 Å². The minimum Gasteiger partial charge on any atom is -0.481 e. The third kappa shape index (κ3) is 1.25. The number of para-hydroxylation sites is 1. The van der Waals surface area contributed by atoms with Crippen LogP contribution in [0, 0.1) is 0 Å². The molecule has 0 amide bonds. The van der Waals surface area contributed by atoms with E-state index in [-0.39, 0.29) is 6.10 Å². The molecule has 0 aromatic heterocycles. The monoisotopic (exact) mass is 176 g/mol. The van der Waals surface area contributed by atoms with E-state index in [1.165, 1.54) is 0 Å². The molecule has 2 rings (SSSR count). The first kappa shape index (κ1) is 7.50. The summed E-state index contributed by atoms with van der Waals surface area (Å²) in [7, 11) is 0. The summed E-state index contributed by atoms with van der Waals surface area (Å²) in [5.74, 6) is 0.908. The van der Waals surface area contributed by atoms with Gasteiger partial charge in [-0.3, -0.25) is 0 Å². The lowest BCUT2D eigenvalue weighted by atomic mass is 10.1. The molecule has 0 radical (unpaired) electrons. The molecule has 1 aromatic rings. The van der Waals surface area contributed by atoms with Gasteiger partial charge in [0.05, 0.1) is 0 Å². The summed E-state index contributed by atoms with van der Waals surface area (Å²) in [6.07, 6.45) is 3.94. The van der Waals surface area contributed by atoms with Crippen molar-refractivity contribution in [3.8, 4) is 5.75 Å². The van der Waals surface area contributed by atoms with Gasteiger partial charge in [0.2, 0.25) is 0 Å². The summed E-state index contributed by atoms with van der Waals surface area (Å²) in [6, 6.07) is 7.92. The molecule has 0 N–H and O–H groups in total. The van der Waals surface area contributed by atoms with E-state index in [1.807, 2.05) is 36.4 Å². The Morgan fingerprint density at radius 1 is 1.33 bits per heavy atom. The van der Waals surface area contributed by atoms with Crippen LogP contribution in [0.4, 0.5) is 0 Å². The van der Waals surface area contributed by atoms with Crippen LogP contribution in [0.15, 0.2) is 30.3 Å². The Bertz CT molecular complexity index is 330. The lowest BCUT2D eigenvalue weighted by Gasteiger charge is -2.17. The molecule has 1 aliphatic rings. The van der Waals surface area contributed by atoms with Gasteiger partial charge >= 0.3 is 0 Å². The molecule has 2 heteroatoms. The maximum absolute atomic E-state index is 5.53. The molecule has 1 aromatic carbocycles. The molecule has 0 bridgehead atoms. The molecule has 0 aliphatic carbocycles. The highest BCUT2D eigenvalue weighted by molar-refractivity contribution is 7.79. The zero-order valence-electron chi connectivity index (χ0n) is 6.44. The van der Waals surface area contributed by atoms with Gasteiger partial charge < -0.3 is 4.74 Å². The Hall–Kier alpha value is -1.15. The van der Waals surface area contributed by atoms with Gasteiger partial charge in [0.1, 0.15) is 11.9 Å². The number of ether oxygens (including phenoxy) is 1. The van der Waals surface area contributed by atoms with Gasteiger partial charge in [0.15, 0.2) is 0 Å². The number of rotatable bonds is 1. The summed E-state index contributed by atoms with van der Waals surface area (Å²) >= 11 is 4.80. The van der Waals surface area contributed by atoms with E-state index >= 15 is 0 Å². The lowest BCUT2D eigenvalue weighted by Crippen LogP contribution is -2.16. The third-order valence-corrected chi connectivity index (χ3v) is 2.05. The first-order valence-corrected chi connectivity index (χ1v) is 4.26. The van der Waals surface area contributed by atoms with Gasteiger partial charge in [-0.05, 0) is 12.1 Å². The quantitative estimate of drug-likeness (QED) is 0.608. The standard InChI is InChI=1S/C10H8OS/c12-7-9-6-5-8-3-1-2-4-10(8)11-9/h1-7,9H. The zero-order chi connectivity index (χ0) is 8.39. The number of hydrogen-bond donors (Lipinski definition) is 0. The molecule has 0 spiro atoms. The van der Waals surface area contributed by atoms with E-state index in [9.17, 15) is 0 Å². The fourth-order valence-corrected chi connectivity index (χ4v) is 1.33. The highest BCUT2D eigenvalue weighted by atomic mass is 32.1. The van der Waals surface area contributed by atoms with E-state index < -0.39 is 0 Å². The number of hydrogen-bond acceptors (Lipinski definition) is 2. The smallest absolute Gasteiger partial charge is 0.146 e. The van der Waals surface area contributed by atoms with Gasteiger partial charge in [0, 0.05) is 10.9 Å². The summed E-state index contributed by atoms with van der Waals surface area (Å²) < 4.78 is 5.53. The van der Waals surface area contributed by atoms with Gasteiger partial charge in [-0.1, -0.05) is 36.5 Å². The molecule has 1 heterocycles. The maximum atomic E-state index is 5.53. The highest BCUT2D eigenvalue weighted by Crippen LogP contribution is 2.24. The second-order valence-electron chi connectivity index (χ2n) is 2.62. The van der Waals surface area contributed by atoms with E-state index in [4.69, 9.17) is 17.0 Å². The van der Waals surface area contributed by atoms with Gasteiger partial charge in [0.25, 0.3) is 0 Å². The molecule has 1 unspecified atom stereocenters. The number of benzene rings is 1. The fourth-order valence-electron chi connectivity index (χ4n) is 1.18. The third-order valence-electron chi connectivity index (χ3n) is 1.78. The molecule has 0 saturated heterocycles. The Labute approximate surface area is 76.7 Å². The van der Waals surface area contributed by atoms with Crippen LogP contribution in [0.1, 0.15) is 5.56 Å². The summed E-state index contributed by atoms with van der Waals surface area (Å²) in [5.41, 5.74) is 1.12. The lowest BCUT2D eigenvalue weighted by molar-refractivity contribution is 0.315. The molecule has 1 atom stereocenters. The van der Waals surface area contributed by atoms with Crippen molar-refractivity contribution in [2.24, 2.45) is 0 Å². The van der Waals surface area contributed by atoms with Crippen LogP contribution in [0.2, 0.25) is 0 Å². The van der Waals surface area contributed by atoms with E-state index in [0.717, 1.165) is 11.3 Å². The van der Waals surface area contributed by atoms with Crippen LogP contribution < -0.4 is 4.74 Å². The summed E-state index contributed by atoms with van der Waals surface area (Å²) in [5, 5.41) is 1.62. The SMILES string of the molecule is S=CC1C=Cc2ccccc2O1. The van der Waals surface area contributed by atoms with Crippen molar-refractivity contribution < 1.29 is 4.74 Å². The maximum Gasteiger partial charge on any atom is 0.146 e. The molecular formula is C10H8OS. The predicted octanol–water partition coefficient (Wildman–Crippen LogP) is 2.46. The van der Waals surface area contributed by atoms with E-state index in [0.29, 0.717) is 0 Å². The highest BCUT2D eigenvalue weighted by Gasteiger charge is 2.10. The Kier molecular flexibility index (Phi) is 1.92. The topological polar surface area (TPSA) is 9.23 Å². The van der Waals surface area contributed by atoms with Crippen LogP contribution in [-0.4, -0.2) is 11.5 Å². The second-order valence-corrected chi connectivity index (χ2v) is 2.89. The average molecular weight is 176 g/mol. The van der Waals surface area contributed by atoms with Crippen molar-refractivity contribution in [3.63, 3.8) is 0 Å². The van der Waals surface area contributed by atoms with E-state index in [1.54, 1.807) is 5.37 Å². The molecule has 1 nitrogen and oxygen atoms in total. The molecule has 1 aliphatic heterocycles. The fraction of sp³-hybridized carbons (Fsp3) is 0.100. The van der Waals surface area contributed by atoms with Crippen LogP contribution >= 0.6 is 12.2 Å². The van der Waals surface area contributed by atoms with Gasteiger partial charge in [-0.25, -0.2) is 0 Å². The van der Waals surface area contributed by atoms with Gasteiger partial charge in [-0.15, -0.1) is 0 Å².